The molecule has 128 valence electrons. The van der Waals surface area contributed by atoms with Gasteiger partial charge in [-0.25, -0.2) is 0 Å². The summed E-state index contributed by atoms with van der Waals surface area (Å²) < 4.78 is 2.07. The molecule has 1 unspecified atom stereocenters. The Bertz CT molecular complexity index is 716. The molecule has 1 aromatic carbocycles. The first-order chi connectivity index (χ1) is 11.6. The van der Waals surface area contributed by atoms with Crippen LogP contribution >= 0.6 is 0 Å². The van der Waals surface area contributed by atoms with Crippen LogP contribution in [-0.2, 0) is 16.1 Å². The van der Waals surface area contributed by atoms with Gasteiger partial charge in [-0.05, 0) is 37.3 Å². The van der Waals surface area contributed by atoms with Crippen LogP contribution in [0.15, 0.2) is 36.5 Å². The normalized spacial score (nSPS) is 16.2. The summed E-state index contributed by atoms with van der Waals surface area (Å²) in [5.74, 6) is -0.177. The van der Waals surface area contributed by atoms with E-state index in [0.29, 0.717) is 13.0 Å². The summed E-state index contributed by atoms with van der Waals surface area (Å²) in [6, 6.07) is 9.94. The molecule has 24 heavy (non-hydrogen) atoms. The van der Waals surface area contributed by atoms with Gasteiger partial charge in [0, 0.05) is 30.7 Å². The Balaban J connectivity index is 1.47. The molecule has 1 aliphatic carbocycles. The number of carbonyl (C=O) groups is 2. The Labute approximate surface area is 142 Å². The summed E-state index contributed by atoms with van der Waals surface area (Å²) in [4.78, 5) is 24.2. The van der Waals surface area contributed by atoms with Crippen molar-refractivity contribution in [3.63, 3.8) is 0 Å². The summed E-state index contributed by atoms with van der Waals surface area (Å²) in [5, 5.41) is 6.99. The quantitative estimate of drug-likeness (QED) is 0.856. The van der Waals surface area contributed by atoms with E-state index in [1.54, 1.807) is 6.92 Å². The van der Waals surface area contributed by atoms with Crippen LogP contribution in [0.1, 0.15) is 39.0 Å². The van der Waals surface area contributed by atoms with Crippen LogP contribution in [0.3, 0.4) is 0 Å². The minimum absolute atomic E-state index is 0.0818. The van der Waals surface area contributed by atoms with Crippen LogP contribution < -0.4 is 10.6 Å². The predicted molar refractivity (Wildman–Crippen MR) is 94.6 cm³/mol. The Morgan fingerprint density at radius 3 is 2.75 bits per heavy atom. The van der Waals surface area contributed by atoms with Crippen molar-refractivity contribution in [2.24, 2.45) is 0 Å². The van der Waals surface area contributed by atoms with Gasteiger partial charge in [0.15, 0.2) is 0 Å². The molecule has 5 nitrogen and oxygen atoms in total. The van der Waals surface area contributed by atoms with Crippen molar-refractivity contribution in [1.82, 2.24) is 15.2 Å². The van der Waals surface area contributed by atoms with Crippen molar-refractivity contribution in [1.29, 1.82) is 0 Å². The molecule has 5 heteroatoms. The van der Waals surface area contributed by atoms with Crippen molar-refractivity contribution >= 4 is 22.7 Å². The average Bonchev–Trinajstić information content (AvgIpc) is 3.22. The van der Waals surface area contributed by atoms with E-state index in [4.69, 9.17) is 0 Å². The molecule has 1 heterocycles. The van der Waals surface area contributed by atoms with E-state index in [2.05, 4.69) is 21.3 Å². The fourth-order valence-electron chi connectivity index (χ4n) is 3.33. The lowest BCUT2D eigenvalue weighted by Gasteiger charge is -2.18. The average molecular weight is 327 g/mol. The lowest BCUT2D eigenvalue weighted by atomic mass is 10.2. The molecule has 0 aliphatic heterocycles. The largest absolute Gasteiger partial charge is 0.352 e. The summed E-state index contributed by atoms with van der Waals surface area (Å²) in [6.45, 7) is 2.35. The molecule has 2 aromatic rings. The maximum atomic E-state index is 12.1. The zero-order valence-electron chi connectivity index (χ0n) is 14.1. The number of carbonyl (C=O) groups excluding carboxylic acids is 2. The fraction of sp³-hybridized carbons (Fsp3) is 0.474. The third-order valence-corrected chi connectivity index (χ3v) is 4.73. The molecule has 1 fully saturated rings. The Morgan fingerprint density at radius 2 is 1.96 bits per heavy atom. The van der Waals surface area contributed by atoms with Gasteiger partial charge in [-0.1, -0.05) is 31.0 Å². The molecule has 2 N–H and O–H groups in total. The fourth-order valence-corrected chi connectivity index (χ4v) is 3.33. The van der Waals surface area contributed by atoms with Crippen LogP contribution in [0.25, 0.3) is 10.9 Å². The maximum Gasteiger partial charge on any atom is 0.242 e. The third-order valence-electron chi connectivity index (χ3n) is 4.73. The number of amides is 2. The molecule has 0 saturated heterocycles. The van der Waals surface area contributed by atoms with Crippen molar-refractivity contribution in [3.8, 4) is 0 Å². The lowest BCUT2D eigenvalue weighted by Crippen LogP contribution is -2.47. The van der Waals surface area contributed by atoms with E-state index in [1.165, 1.54) is 18.2 Å². The first-order valence-electron chi connectivity index (χ1n) is 8.77. The highest BCUT2D eigenvalue weighted by Gasteiger charge is 2.21. The van der Waals surface area contributed by atoms with Gasteiger partial charge in [-0.15, -0.1) is 0 Å². The molecule has 1 aliphatic rings. The van der Waals surface area contributed by atoms with Crippen molar-refractivity contribution < 1.29 is 9.59 Å². The number of aromatic nitrogens is 1. The molecule has 0 radical (unpaired) electrons. The first-order valence-corrected chi connectivity index (χ1v) is 8.77. The Kier molecular flexibility index (Phi) is 5.18. The highest BCUT2D eigenvalue weighted by Crippen LogP contribution is 2.17. The number of rotatable bonds is 6. The highest BCUT2D eigenvalue weighted by atomic mass is 16.2. The van der Waals surface area contributed by atoms with Gasteiger partial charge in [-0.2, -0.15) is 0 Å². The number of para-hydroxylation sites is 1. The molecule has 1 saturated carbocycles. The molecule has 1 aromatic heterocycles. The van der Waals surface area contributed by atoms with Gasteiger partial charge in [0.2, 0.25) is 11.8 Å². The predicted octanol–water partition coefficient (Wildman–Crippen LogP) is 2.59. The highest BCUT2D eigenvalue weighted by molar-refractivity contribution is 5.87. The van der Waals surface area contributed by atoms with Gasteiger partial charge >= 0.3 is 0 Å². The number of hydrogen-bond acceptors (Lipinski definition) is 2. The summed E-state index contributed by atoms with van der Waals surface area (Å²) in [7, 11) is 0. The second-order valence-corrected chi connectivity index (χ2v) is 6.60. The molecular formula is C19H25N3O2. The standard InChI is InChI=1S/C19H25N3O2/c1-14(19(24)21-16-7-3-4-8-16)20-18(23)11-13-22-12-10-15-6-2-5-9-17(15)22/h2,5-6,9-10,12,14,16H,3-4,7-8,11,13H2,1H3,(H,20,23)(H,21,24). The zero-order valence-corrected chi connectivity index (χ0v) is 14.1. The molecule has 3 rings (SSSR count). The smallest absolute Gasteiger partial charge is 0.242 e. The van der Waals surface area contributed by atoms with E-state index in [9.17, 15) is 9.59 Å². The van der Waals surface area contributed by atoms with Crippen LogP contribution in [0.2, 0.25) is 0 Å². The monoisotopic (exact) mass is 327 g/mol. The number of benzene rings is 1. The Hall–Kier alpha value is -2.30. The van der Waals surface area contributed by atoms with Crippen LogP contribution in [0, 0.1) is 0 Å². The summed E-state index contributed by atoms with van der Waals surface area (Å²) in [5.41, 5.74) is 1.12. The number of hydrogen-bond donors (Lipinski definition) is 2. The van der Waals surface area contributed by atoms with Gasteiger partial charge in [0.05, 0.1) is 0 Å². The van der Waals surface area contributed by atoms with E-state index in [0.717, 1.165) is 18.4 Å². The molecular weight excluding hydrogens is 302 g/mol. The molecule has 2 amide bonds. The van der Waals surface area contributed by atoms with E-state index < -0.39 is 6.04 Å². The van der Waals surface area contributed by atoms with Crippen molar-refractivity contribution in [2.45, 2.75) is 57.7 Å². The van der Waals surface area contributed by atoms with Gasteiger partial charge in [0.25, 0.3) is 0 Å². The van der Waals surface area contributed by atoms with E-state index in [1.807, 2.05) is 30.5 Å². The number of nitrogens with zero attached hydrogens (tertiary/aromatic N) is 1. The lowest BCUT2D eigenvalue weighted by molar-refractivity contribution is -0.129. The van der Waals surface area contributed by atoms with Gasteiger partial charge in [-0.3, -0.25) is 9.59 Å². The molecule has 0 spiro atoms. The van der Waals surface area contributed by atoms with Gasteiger partial charge in [0.1, 0.15) is 6.04 Å². The summed E-state index contributed by atoms with van der Waals surface area (Å²) in [6.07, 6.45) is 6.81. The number of nitrogens with one attached hydrogen (secondary N) is 2. The summed E-state index contributed by atoms with van der Waals surface area (Å²) >= 11 is 0. The molecule has 0 bridgehead atoms. The van der Waals surface area contributed by atoms with E-state index in [-0.39, 0.29) is 17.9 Å². The van der Waals surface area contributed by atoms with Crippen LogP contribution in [0.4, 0.5) is 0 Å². The third kappa shape index (κ3) is 3.96. The van der Waals surface area contributed by atoms with Crippen LogP contribution in [0.5, 0.6) is 0 Å². The van der Waals surface area contributed by atoms with Crippen molar-refractivity contribution in [3.05, 3.63) is 36.5 Å². The second kappa shape index (κ2) is 7.51. The molecule has 1 atom stereocenters. The SMILES string of the molecule is CC(NC(=O)CCn1ccc2ccccc21)C(=O)NC1CCCC1. The van der Waals surface area contributed by atoms with E-state index >= 15 is 0 Å². The minimum atomic E-state index is -0.487. The van der Waals surface area contributed by atoms with Crippen LogP contribution in [-0.4, -0.2) is 28.5 Å². The number of fused-ring (bicyclic) bond motifs is 1. The zero-order chi connectivity index (χ0) is 16.9. The number of aryl methyl sites for hydroxylation is 1. The minimum Gasteiger partial charge on any atom is -0.352 e. The topological polar surface area (TPSA) is 63.1 Å². The second-order valence-electron chi connectivity index (χ2n) is 6.60. The van der Waals surface area contributed by atoms with Crippen molar-refractivity contribution in [2.75, 3.05) is 0 Å². The Morgan fingerprint density at radius 1 is 1.21 bits per heavy atom. The van der Waals surface area contributed by atoms with Gasteiger partial charge < -0.3 is 15.2 Å². The first kappa shape index (κ1) is 16.6. The maximum absolute atomic E-state index is 12.1.